The molecule has 1 aromatic rings. The molecule has 0 amide bonds. The normalized spacial score (nSPS) is 23.0. The molecule has 3 rings (SSSR count). The van der Waals surface area contributed by atoms with Crippen LogP contribution in [-0.2, 0) is 16.9 Å². The SMILES string of the molecule is Fc1ccc2c(c1)COC21CCCCC1. The minimum Gasteiger partial charge on any atom is -0.366 e. The highest BCUT2D eigenvalue weighted by molar-refractivity contribution is 5.36. The molecule has 1 fully saturated rings. The molecule has 2 aliphatic rings. The Labute approximate surface area is 89.3 Å². The summed E-state index contributed by atoms with van der Waals surface area (Å²) >= 11 is 0. The molecule has 0 unspecified atom stereocenters. The van der Waals surface area contributed by atoms with Gasteiger partial charge < -0.3 is 4.74 Å². The second-order valence-corrected chi connectivity index (χ2v) is 4.65. The third-order valence-corrected chi connectivity index (χ3v) is 3.72. The summed E-state index contributed by atoms with van der Waals surface area (Å²) in [7, 11) is 0. The van der Waals surface area contributed by atoms with Crippen LogP contribution in [0.2, 0.25) is 0 Å². The van der Waals surface area contributed by atoms with Crippen molar-refractivity contribution in [1.82, 2.24) is 0 Å². The Bertz CT molecular complexity index is 380. The molecule has 1 saturated carbocycles. The molecule has 0 radical (unpaired) electrons. The van der Waals surface area contributed by atoms with Crippen LogP contribution in [0.5, 0.6) is 0 Å². The average molecular weight is 206 g/mol. The molecule has 0 bridgehead atoms. The molecule has 1 aliphatic carbocycles. The van der Waals surface area contributed by atoms with Crippen molar-refractivity contribution >= 4 is 0 Å². The van der Waals surface area contributed by atoms with Gasteiger partial charge in [-0.1, -0.05) is 25.3 Å². The topological polar surface area (TPSA) is 9.23 Å². The van der Waals surface area contributed by atoms with Crippen molar-refractivity contribution in [2.75, 3.05) is 0 Å². The standard InChI is InChI=1S/C13H15FO/c14-11-4-5-12-10(8-11)9-15-13(12)6-2-1-3-7-13/h4-5,8H,1-3,6-7,9H2. The van der Waals surface area contributed by atoms with Gasteiger partial charge in [-0.3, -0.25) is 0 Å². The first-order valence-corrected chi connectivity index (χ1v) is 5.73. The van der Waals surface area contributed by atoms with Gasteiger partial charge in [0.25, 0.3) is 0 Å². The Morgan fingerprint density at radius 3 is 2.73 bits per heavy atom. The molecule has 1 heterocycles. The summed E-state index contributed by atoms with van der Waals surface area (Å²) < 4.78 is 19.0. The monoisotopic (exact) mass is 206 g/mol. The fraction of sp³-hybridized carbons (Fsp3) is 0.538. The molecular weight excluding hydrogens is 191 g/mol. The highest BCUT2D eigenvalue weighted by Crippen LogP contribution is 2.46. The van der Waals surface area contributed by atoms with Crippen LogP contribution in [0.25, 0.3) is 0 Å². The Morgan fingerprint density at radius 2 is 1.93 bits per heavy atom. The second-order valence-electron chi connectivity index (χ2n) is 4.65. The van der Waals surface area contributed by atoms with Gasteiger partial charge >= 0.3 is 0 Å². The smallest absolute Gasteiger partial charge is 0.123 e. The zero-order chi connectivity index (χ0) is 10.3. The second kappa shape index (κ2) is 3.31. The van der Waals surface area contributed by atoms with E-state index >= 15 is 0 Å². The number of halogens is 1. The van der Waals surface area contributed by atoms with Crippen LogP contribution in [0.4, 0.5) is 4.39 Å². The molecule has 1 nitrogen and oxygen atoms in total. The summed E-state index contributed by atoms with van der Waals surface area (Å²) in [5, 5.41) is 0. The van der Waals surface area contributed by atoms with Gasteiger partial charge in [0, 0.05) is 0 Å². The number of fused-ring (bicyclic) bond motifs is 2. The lowest BCUT2D eigenvalue weighted by atomic mass is 9.79. The van der Waals surface area contributed by atoms with Gasteiger partial charge in [-0.2, -0.15) is 0 Å². The van der Waals surface area contributed by atoms with Crippen LogP contribution in [0.3, 0.4) is 0 Å². The predicted octanol–water partition coefficient (Wildman–Crippen LogP) is 3.52. The van der Waals surface area contributed by atoms with E-state index in [1.54, 1.807) is 12.1 Å². The Morgan fingerprint density at radius 1 is 1.13 bits per heavy atom. The Kier molecular flexibility index (Phi) is 2.06. The van der Waals surface area contributed by atoms with Crippen molar-refractivity contribution in [3.8, 4) is 0 Å². The molecule has 15 heavy (non-hydrogen) atoms. The number of benzene rings is 1. The summed E-state index contributed by atoms with van der Waals surface area (Å²) in [5.41, 5.74) is 2.22. The molecule has 0 N–H and O–H groups in total. The number of ether oxygens (including phenoxy) is 1. The fourth-order valence-electron chi connectivity index (χ4n) is 2.96. The maximum atomic E-state index is 13.1. The number of rotatable bonds is 0. The maximum Gasteiger partial charge on any atom is 0.123 e. The Balaban J connectivity index is 2.03. The highest BCUT2D eigenvalue weighted by Gasteiger charge is 2.40. The molecule has 1 spiro atoms. The van der Waals surface area contributed by atoms with Crippen LogP contribution >= 0.6 is 0 Å². The average Bonchev–Trinajstić information content (AvgIpc) is 2.58. The quantitative estimate of drug-likeness (QED) is 0.631. The van der Waals surface area contributed by atoms with E-state index in [4.69, 9.17) is 4.74 Å². The minimum atomic E-state index is -0.148. The zero-order valence-electron chi connectivity index (χ0n) is 8.76. The van der Waals surface area contributed by atoms with Gasteiger partial charge in [0.15, 0.2) is 0 Å². The first-order valence-electron chi connectivity index (χ1n) is 5.73. The van der Waals surface area contributed by atoms with Gasteiger partial charge in [0.2, 0.25) is 0 Å². The van der Waals surface area contributed by atoms with E-state index in [1.165, 1.54) is 24.8 Å². The molecule has 0 atom stereocenters. The molecule has 0 aromatic heterocycles. The van der Waals surface area contributed by atoms with Crippen molar-refractivity contribution in [2.45, 2.75) is 44.3 Å². The van der Waals surface area contributed by atoms with Crippen molar-refractivity contribution in [3.63, 3.8) is 0 Å². The summed E-state index contributed by atoms with van der Waals surface area (Å²) in [4.78, 5) is 0. The van der Waals surface area contributed by atoms with Gasteiger partial charge in [-0.25, -0.2) is 4.39 Å². The van der Waals surface area contributed by atoms with Crippen LogP contribution < -0.4 is 0 Å². The summed E-state index contributed by atoms with van der Waals surface area (Å²) in [6.07, 6.45) is 5.98. The van der Waals surface area contributed by atoms with Gasteiger partial charge in [-0.05, 0) is 36.1 Å². The first kappa shape index (κ1) is 9.34. The van der Waals surface area contributed by atoms with E-state index in [1.807, 2.05) is 6.07 Å². The largest absolute Gasteiger partial charge is 0.366 e. The van der Waals surface area contributed by atoms with Crippen LogP contribution in [0.15, 0.2) is 18.2 Å². The highest BCUT2D eigenvalue weighted by atomic mass is 19.1. The van der Waals surface area contributed by atoms with Gasteiger partial charge in [-0.15, -0.1) is 0 Å². The van der Waals surface area contributed by atoms with Crippen molar-refractivity contribution < 1.29 is 9.13 Å². The van der Waals surface area contributed by atoms with E-state index in [2.05, 4.69) is 0 Å². The molecule has 1 aromatic carbocycles. The van der Waals surface area contributed by atoms with E-state index in [9.17, 15) is 4.39 Å². The van der Waals surface area contributed by atoms with Crippen LogP contribution in [-0.4, -0.2) is 0 Å². The molecule has 0 saturated heterocycles. The molecular formula is C13H15FO. The lowest BCUT2D eigenvalue weighted by molar-refractivity contribution is -0.0637. The van der Waals surface area contributed by atoms with Crippen LogP contribution in [0.1, 0.15) is 43.2 Å². The van der Waals surface area contributed by atoms with Crippen molar-refractivity contribution in [3.05, 3.63) is 35.1 Å². The number of hydrogen-bond donors (Lipinski definition) is 0. The van der Waals surface area contributed by atoms with Gasteiger partial charge in [0.05, 0.1) is 12.2 Å². The predicted molar refractivity (Wildman–Crippen MR) is 56.0 cm³/mol. The van der Waals surface area contributed by atoms with Crippen LogP contribution in [0, 0.1) is 5.82 Å². The van der Waals surface area contributed by atoms with Gasteiger partial charge in [0.1, 0.15) is 5.82 Å². The van der Waals surface area contributed by atoms with E-state index in [0.29, 0.717) is 6.61 Å². The van der Waals surface area contributed by atoms with Crippen molar-refractivity contribution in [1.29, 1.82) is 0 Å². The molecule has 1 aliphatic heterocycles. The summed E-state index contributed by atoms with van der Waals surface area (Å²) in [6.45, 7) is 0.590. The lowest BCUT2D eigenvalue weighted by Crippen LogP contribution is -2.27. The zero-order valence-corrected chi connectivity index (χ0v) is 8.76. The first-order chi connectivity index (χ1) is 7.30. The summed E-state index contributed by atoms with van der Waals surface area (Å²) in [5.74, 6) is -0.148. The van der Waals surface area contributed by atoms with Crippen molar-refractivity contribution in [2.24, 2.45) is 0 Å². The van der Waals surface area contributed by atoms with E-state index < -0.39 is 0 Å². The third kappa shape index (κ3) is 1.39. The minimum absolute atomic E-state index is 0.0682. The van der Waals surface area contributed by atoms with E-state index in [-0.39, 0.29) is 11.4 Å². The lowest BCUT2D eigenvalue weighted by Gasteiger charge is -2.33. The number of hydrogen-bond acceptors (Lipinski definition) is 1. The molecule has 80 valence electrons. The maximum absolute atomic E-state index is 13.1. The summed E-state index contributed by atoms with van der Waals surface area (Å²) in [6, 6.07) is 5.10. The Hall–Kier alpha value is -0.890. The third-order valence-electron chi connectivity index (χ3n) is 3.72. The van der Waals surface area contributed by atoms with E-state index in [0.717, 1.165) is 18.4 Å². The fourth-order valence-corrected chi connectivity index (χ4v) is 2.96. The molecule has 2 heteroatoms.